The number of hydrogen-bond acceptors (Lipinski definition) is 4. The number of nitrogens with zero attached hydrogens (tertiary/aromatic N) is 1. The number of carbonyl (C=O) groups is 1. The highest BCUT2D eigenvalue weighted by molar-refractivity contribution is 5.77. The zero-order valence-electron chi connectivity index (χ0n) is 8.80. The van der Waals surface area contributed by atoms with Gasteiger partial charge in [-0.25, -0.2) is 0 Å². The van der Waals surface area contributed by atoms with E-state index in [1.807, 2.05) is 0 Å². The van der Waals surface area contributed by atoms with Crippen LogP contribution in [-0.2, 0) is 4.79 Å². The summed E-state index contributed by atoms with van der Waals surface area (Å²) in [5.74, 6) is 0.0504. The minimum absolute atomic E-state index is 0.0617. The van der Waals surface area contributed by atoms with Crippen LogP contribution in [-0.4, -0.2) is 24.0 Å². The zero-order chi connectivity index (χ0) is 12.0. The molecule has 1 amide bonds. The molecular formula is C10H12N2O4. The molecule has 0 unspecified atom stereocenters. The summed E-state index contributed by atoms with van der Waals surface area (Å²) in [7, 11) is 0. The first-order chi connectivity index (χ1) is 7.63. The van der Waals surface area contributed by atoms with Gasteiger partial charge in [-0.2, -0.15) is 0 Å². The molecule has 0 bridgehead atoms. The predicted molar refractivity (Wildman–Crippen MR) is 57.3 cm³/mol. The third kappa shape index (κ3) is 3.56. The van der Waals surface area contributed by atoms with Crippen LogP contribution in [0.5, 0.6) is 5.75 Å². The average molecular weight is 224 g/mol. The number of benzene rings is 1. The van der Waals surface area contributed by atoms with Gasteiger partial charge in [0.05, 0.1) is 11.0 Å². The summed E-state index contributed by atoms with van der Waals surface area (Å²) in [5.41, 5.74) is -0.0617. The van der Waals surface area contributed by atoms with Crippen LogP contribution in [0.2, 0.25) is 0 Å². The molecule has 0 heterocycles. The Morgan fingerprint density at radius 1 is 1.56 bits per heavy atom. The topological polar surface area (TPSA) is 81.5 Å². The SMILES string of the molecule is CCNC(=O)COc1cccc([N+](=O)[O-])c1. The van der Waals surface area contributed by atoms with Gasteiger partial charge in [-0.3, -0.25) is 14.9 Å². The lowest BCUT2D eigenvalue weighted by Gasteiger charge is -2.05. The largest absolute Gasteiger partial charge is 0.484 e. The normalized spacial score (nSPS) is 9.56. The van der Waals surface area contributed by atoms with Crippen molar-refractivity contribution in [3.63, 3.8) is 0 Å². The average Bonchev–Trinajstić information content (AvgIpc) is 2.27. The lowest BCUT2D eigenvalue weighted by atomic mass is 10.3. The van der Waals surface area contributed by atoms with Crippen molar-refractivity contribution < 1.29 is 14.5 Å². The molecule has 0 aromatic heterocycles. The third-order valence-corrected chi connectivity index (χ3v) is 1.77. The van der Waals surface area contributed by atoms with E-state index in [-0.39, 0.29) is 18.2 Å². The van der Waals surface area contributed by atoms with Gasteiger partial charge in [0, 0.05) is 12.6 Å². The van der Waals surface area contributed by atoms with Crippen LogP contribution in [0.3, 0.4) is 0 Å². The lowest BCUT2D eigenvalue weighted by molar-refractivity contribution is -0.384. The molecule has 0 fully saturated rings. The van der Waals surface area contributed by atoms with Crippen LogP contribution >= 0.6 is 0 Å². The van der Waals surface area contributed by atoms with E-state index in [0.29, 0.717) is 12.3 Å². The summed E-state index contributed by atoms with van der Waals surface area (Å²) in [6.45, 7) is 2.18. The van der Waals surface area contributed by atoms with Gasteiger partial charge in [-0.05, 0) is 13.0 Å². The van der Waals surface area contributed by atoms with Crippen molar-refractivity contribution in [1.29, 1.82) is 0 Å². The second-order valence-corrected chi connectivity index (χ2v) is 3.00. The molecule has 0 atom stereocenters. The minimum atomic E-state index is -0.515. The molecule has 0 aliphatic rings. The fourth-order valence-corrected chi connectivity index (χ4v) is 1.08. The van der Waals surface area contributed by atoms with Crippen molar-refractivity contribution in [2.75, 3.05) is 13.2 Å². The Morgan fingerprint density at radius 2 is 2.31 bits per heavy atom. The van der Waals surface area contributed by atoms with Crippen molar-refractivity contribution in [1.82, 2.24) is 5.32 Å². The van der Waals surface area contributed by atoms with Crippen LogP contribution in [0.25, 0.3) is 0 Å². The second kappa shape index (κ2) is 5.69. The second-order valence-electron chi connectivity index (χ2n) is 3.00. The van der Waals surface area contributed by atoms with E-state index >= 15 is 0 Å². The molecule has 0 saturated carbocycles. The van der Waals surface area contributed by atoms with E-state index < -0.39 is 4.92 Å². The molecule has 1 aromatic rings. The lowest BCUT2D eigenvalue weighted by Crippen LogP contribution is -2.28. The van der Waals surface area contributed by atoms with Crippen molar-refractivity contribution in [3.05, 3.63) is 34.4 Å². The van der Waals surface area contributed by atoms with Gasteiger partial charge in [0.15, 0.2) is 6.61 Å². The van der Waals surface area contributed by atoms with Gasteiger partial charge in [0.1, 0.15) is 5.75 Å². The van der Waals surface area contributed by atoms with Crippen LogP contribution in [0.15, 0.2) is 24.3 Å². The summed E-state index contributed by atoms with van der Waals surface area (Å²) in [4.78, 5) is 21.0. The fraction of sp³-hybridized carbons (Fsp3) is 0.300. The number of ether oxygens (including phenoxy) is 1. The van der Waals surface area contributed by atoms with Crippen molar-refractivity contribution in [2.24, 2.45) is 0 Å². The van der Waals surface area contributed by atoms with E-state index in [0.717, 1.165) is 0 Å². The highest BCUT2D eigenvalue weighted by Gasteiger charge is 2.07. The number of nitro benzene ring substituents is 1. The maximum absolute atomic E-state index is 11.1. The Hall–Kier alpha value is -2.11. The molecule has 6 heteroatoms. The molecule has 1 rings (SSSR count). The molecule has 0 saturated heterocycles. The number of rotatable bonds is 5. The number of hydrogen-bond donors (Lipinski definition) is 1. The number of non-ortho nitro benzene ring substituents is 1. The van der Waals surface area contributed by atoms with Gasteiger partial charge >= 0.3 is 0 Å². The summed E-state index contributed by atoms with van der Waals surface area (Å²) < 4.78 is 5.09. The Morgan fingerprint density at radius 3 is 2.94 bits per heavy atom. The Kier molecular flexibility index (Phi) is 4.26. The summed E-state index contributed by atoms with van der Waals surface area (Å²) >= 11 is 0. The molecule has 0 aliphatic heterocycles. The first-order valence-corrected chi connectivity index (χ1v) is 4.77. The van der Waals surface area contributed by atoms with Gasteiger partial charge in [-0.15, -0.1) is 0 Å². The fourth-order valence-electron chi connectivity index (χ4n) is 1.08. The molecule has 0 radical (unpaired) electrons. The van der Waals surface area contributed by atoms with E-state index in [9.17, 15) is 14.9 Å². The van der Waals surface area contributed by atoms with Crippen LogP contribution in [0.4, 0.5) is 5.69 Å². The first-order valence-electron chi connectivity index (χ1n) is 4.77. The highest BCUT2D eigenvalue weighted by atomic mass is 16.6. The summed E-state index contributed by atoms with van der Waals surface area (Å²) in [5, 5.41) is 13.0. The van der Waals surface area contributed by atoms with Gasteiger partial charge < -0.3 is 10.1 Å². The summed E-state index contributed by atoms with van der Waals surface area (Å²) in [6, 6.07) is 5.70. The molecule has 86 valence electrons. The van der Waals surface area contributed by atoms with E-state index in [1.54, 1.807) is 13.0 Å². The predicted octanol–water partition coefficient (Wildman–Crippen LogP) is 1.11. The van der Waals surface area contributed by atoms with Crippen LogP contribution in [0, 0.1) is 10.1 Å². The van der Waals surface area contributed by atoms with Crippen molar-refractivity contribution in [2.45, 2.75) is 6.92 Å². The van der Waals surface area contributed by atoms with Crippen LogP contribution < -0.4 is 10.1 Å². The molecule has 1 aromatic carbocycles. The molecule has 6 nitrogen and oxygen atoms in total. The van der Waals surface area contributed by atoms with Gasteiger partial charge in [0.2, 0.25) is 0 Å². The minimum Gasteiger partial charge on any atom is -0.484 e. The number of likely N-dealkylation sites (N-methyl/N-ethyl adjacent to an activating group) is 1. The summed E-state index contributed by atoms with van der Waals surface area (Å²) in [6.07, 6.45) is 0. The Bertz CT molecular complexity index is 392. The first kappa shape index (κ1) is 12.0. The number of carbonyl (C=O) groups excluding carboxylic acids is 1. The Balaban J connectivity index is 2.57. The number of nitro groups is 1. The van der Waals surface area contributed by atoms with Crippen LogP contribution in [0.1, 0.15) is 6.92 Å². The van der Waals surface area contributed by atoms with Crippen molar-refractivity contribution in [3.8, 4) is 5.75 Å². The van der Waals surface area contributed by atoms with Gasteiger partial charge in [0.25, 0.3) is 11.6 Å². The van der Waals surface area contributed by atoms with Gasteiger partial charge in [-0.1, -0.05) is 6.07 Å². The standard InChI is InChI=1S/C10H12N2O4/c1-2-11-10(13)7-16-9-5-3-4-8(6-9)12(14)15/h3-6H,2,7H2,1H3,(H,11,13). The monoisotopic (exact) mass is 224 g/mol. The number of nitrogens with one attached hydrogen (secondary N) is 1. The molecule has 16 heavy (non-hydrogen) atoms. The molecule has 1 N–H and O–H groups in total. The highest BCUT2D eigenvalue weighted by Crippen LogP contribution is 2.18. The number of amides is 1. The Labute approximate surface area is 92.4 Å². The molecule has 0 aliphatic carbocycles. The quantitative estimate of drug-likeness (QED) is 0.600. The third-order valence-electron chi connectivity index (χ3n) is 1.77. The molecular weight excluding hydrogens is 212 g/mol. The smallest absolute Gasteiger partial charge is 0.273 e. The molecule has 0 spiro atoms. The maximum atomic E-state index is 11.1. The van der Waals surface area contributed by atoms with E-state index in [4.69, 9.17) is 4.74 Å². The van der Waals surface area contributed by atoms with Crippen molar-refractivity contribution >= 4 is 11.6 Å². The zero-order valence-corrected chi connectivity index (χ0v) is 8.80. The van der Waals surface area contributed by atoms with E-state index in [2.05, 4.69) is 5.32 Å². The maximum Gasteiger partial charge on any atom is 0.273 e. The van der Waals surface area contributed by atoms with E-state index in [1.165, 1.54) is 18.2 Å².